The second-order valence-corrected chi connectivity index (χ2v) is 11.4. The van der Waals surface area contributed by atoms with Crippen LogP contribution in [0.5, 0.6) is 0 Å². The molecule has 9 nitrogen and oxygen atoms in total. The Kier molecular flexibility index (Phi) is 11.6. The molecule has 4 unspecified atom stereocenters. The van der Waals surface area contributed by atoms with Gasteiger partial charge >= 0.3 is 0 Å². The number of hydrogen-bond donors (Lipinski definition) is 4. The highest BCUT2D eigenvalue weighted by molar-refractivity contribution is 5.94. The lowest BCUT2D eigenvalue weighted by Crippen LogP contribution is -2.74. The van der Waals surface area contributed by atoms with Gasteiger partial charge in [-0.25, -0.2) is 0 Å². The molecule has 1 saturated heterocycles. The van der Waals surface area contributed by atoms with Crippen LogP contribution in [0, 0.1) is 17.8 Å². The van der Waals surface area contributed by atoms with Gasteiger partial charge in [0.2, 0.25) is 23.4 Å². The van der Waals surface area contributed by atoms with Crippen molar-refractivity contribution in [1.82, 2.24) is 20.9 Å². The number of amides is 4. The van der Waals surface area contributed by atoms with E-state index in [1.807, 2.05) is 32.9 Å². The van der Waals surface area contributed by atoms with Crippen molar-refractivity contribution in [2.24, 2.45) is 17.8 Å². The second kappa shape index (κ2) is 13.9. The largest absolute Gasteiger partial charge is 0.361 e. The number of likely N-dealkylation sites (N-methyl/N-ethyl adjacent to an activating group) is 1. The van der Waals surface area contributed by atoms with Gasteiger partial charge in [-0.2, -0.15) is 0 Å². The fourth-order valence-electron chi connectivity index (χ4n) is 5.31. The third-order valence-corrected chi connectivity index (χ3v) is 7.38. The molecule has 2 heterocycles. The van der Waals surface area contributed by atoms with Gasteiger partial charge in [-0.15, -0.1) is 0 Å². The van der Waals surface area contributed by atoms with Gasteiger partial charge in [-0.1, -0.05) is 45.8 Å². The fourth-order valence-corrected chi connectivity index (χ4v) is 5.31. The molecule has 0 aromatic carbocycles. The van der Waals surface area contributed by atoms with Gasteiger partial charge in [0, 0.05) is 24.9 Å². The number of likely N-dealkylation sites (tertiary alicyclic amines) is 1. The molecule has 5 atom stereocenters. The average Bonchev–Trinajstić information content (AvgIpc) is 2.81. The van der Waals surface area contributed by atoms with E-state index in [-0.39, 0.29) is 36.1 Å². The van der Waals surface area contributed by atoms with E-state index in [0.717, 1.165) is 43.4 Å². The Hall–Kier alpha value is -2.42. The van der Waals surface area contributed by atoms with Gasteiger partial charge in [-0.05, 0) is 64.7 Å². The van der Waals surface area contributed by atoms with Gasteiger partial charge in [-0.3, -0.25) is 19.2 Å². The summed E-state index contributed by atoms with van der Waals surface area (Å²) in [4.78, 5) is 54.3. The van der Waals surface area contributed by atoms with Crippen LogP contribution in [0.3, 0.4) is 0 Å². The van der Waals surface area contributed by atoms with Crippen molar-refractivity contribution in [1.29, 1.82) is 0 Å². The first-order valence-electron chi connectivity index (χ1n) is 14.0. The normalized spacial score (nSPS) is 31.2. The maximum absolute atomic E-state index is 13.6. The van der Waals surface area contributed by atoms with Gasteiger partial charge in [0.15, 0.2) is 0 Å². The van der Waals surface area contributed by atoms with Crippen LogP contribution < -0.4 is 16.0 Å². The molecule has 2 aliphatic heterocycles. The maximum Gasteiger partial charge on any atom is 0.275 e. The van der Waals surface area contributed by atoms with Crippen molar-refractivity contribution < 1.29 is 24.3 Å². The Balaban J connectivity index is 2.46. The minimum Gasteiger partial charge on any atom is -0.361 e. The summed E-state index contributed by atoms with van der Waals surface area (Å²) in [5, 5.41) is 20.2. The Labute approximate surface area is 222 Å². The number of rotatable bonds is 6. The van der Waals surface area contributed by atoms with Crippen LogP contribution >= 0.6 is 0 Å². The average molecular weight is 521 g/mol. The summed E-state index contributed by atoms with van der Waals surface area (Å²) in [6, 6.07) is -2.12. The summed E-state index contributed by atoms with van der Waals surface area (Å²) < 4.78 is 0. The predicted molar refractivity (Wildman–Crippen MR) is 143 cm³/mol. The second-order valence-electron chi connectivity index (χ2n) is 11.4. The molecule has 0 aromatic heterocycles. The zero-order valence-corrected chi connectivity index (χ0v) is 23.5. The van der Waals surface area contributed by atoms with Crippen molar-refractivity contribution >= 4 is 23.6 Å². The van der Waals surface area contributed by atoms with Crippen molar-refractivity contribution in [3.8, 4) is 0 Å². The fraction of sp³-hybridized carbons (Fsp3) is 0.786. The SMILES string of the molecule is CCCC1CCCC/C=C\CC2CC(NC(=O)[C@H](CC(C)C)NC1=O)C(O)(C(=O)NC(C)C)N(C)C2=O. The van der Waals surface area contributed by atoms with Crippen molar-refractivity contribution in [2.75, 3.05) is 7.05 Å². The molecule has 9 heteroatoms. The number of allylic oxidation sites excluding steroid dienone is 2. The third kappa shape index (κ3) is 8.03. The van der Waals surface area contributed by atoms with E-state index in [1.165, 1.54) is 7.05 Å². The molecule has 2 bridgehead atoms. The molecular weight excluding hydrogens is 472 g/mol. The standard InChI is InChI=1S/C28H48N4O5/c1-7-13-20-14-11-9-8-10-12-15-21-17-23(31-25(34)22(16-18(2)3)30-24(20)33)28(37,32(6)26(21)35)27(36)29-19(4)5/h10,12,18-23,37H,7-9,11,13-17H2,1-6H3,(H,29,36)(H,30,33)(H,31,34)/b12-10-/t20?,21?,22-,23?,28?/m0/s1. The molecule has 1 fully saturated rings. The van der Waals surface area contributed by atoms with E-state index in [1.54, 1.807) is 13.8 Å². The number of aliphatic hydroxyl groups is 1. The van der Waals surface area contributed by atoms with Crippen LogP contribution in [0.4, 0.5) is 0 Å². The Bertz CT molecular complexity index is 842. The highest BCUT2D eigenvalue weighted by Crippen LogP contribution is 2.32. The zero-order chi connectivity index (χ0) is 27.8. The molecular formula is C28H48N4O5. The summed E-state index contributed by atoms with van der Waals surface area (Å²) >= 11 is 0. The molecule has 2 aliphatic rings. The Morgan fingerprint density at radius 1 is 1.14 bits per heavy atom. The number of nitrogens with zero attached hydrogens (tertiary/aromatic N) is 1. The molecule has 2 rings (SSSR count). The number of fused-ring (bicyclic) bond motifs is 2. The van der Waals surface area contributed by atoms with Gasteiger partial charge in [0.05, 0.1) is 6.04 Å². The Morgan fingerprint density at radius 3 is 2.46 bits per heavy atom. The third-order valence-electron chi connectivity index (χ3n) is 7.38. The Morgan fingerprint density at radius 2 is 1.84 bits per heavy atom. The smallest absolute Gasteiger partial charge is 0.275 e. The molecule has 0 spiro atoms. The van der Waals surface area contributed by atoms with Gasteiger partial charge in [0.25, 0.3) is 5.91 Å². The first-order chi connectivity index (χ1) is 17.4. The predicted octanol–water partition coefficient (Wildman–Crippen LogP) is 2.63. The van der Waals surface area contributed by atoms with Crippen molar-refractivity contribution in [3.63, 3.8) is 0 Å². The molecule has 4 N–H and O–H groups in total. The minimum absolute atomic E-state index is 0.113. The zero-order valence-electron chi connectivity index (χ0n) is 23.5. The minimum atomic E-state index is -2.25. The number of hydrogen-bond acceptors (Lipinski definition) is 5. The van der Waals surface area contributed by atoms with E-state index in [0.29, 0.717) is 12.8 Å². The molecule has 0 radical (unpaired) electrons. The van der Waals surface area contributed by atoms with E-state index in [4.69, 9.17) is 0 Å². The summed E-state index contributed by atoms with van der Waals surface area (Å²) in [6.07, 6.45) is 10.1. The van der Waals surface area contributed by atoms with Crippen LogP contribution in [0.15, 0.2) is 12.2 Å². The highest BCUT2D eigenvalue weighted by Gasteiger charge is 2.56. The summed E-state index contributed by atoms with van der Waals surface area (Å²) in [7, 11) is 1.40. The van der Waals surface area contributed by atoms with Crippen molar-refractivity contribution in [2.45, 2.75) is 116 Å². The number of nitrogens with one attached hydrogen (secondary N) is 3. The first kappa shape index (κ1) is 30.8. The molecule has 0 saturated carbocycles. The van der Waals surface area contributed by atoms with E-state index in [9.17, 15) is 24.3 Å². The maximum atomic E-state index is 13.6. The summed E-state index contributed by atoms with van der Waals surface area (Å²) in [6.45, 7) is 9.53. The number of piperidine rings is 1. The molecule has 37 heavy (non-hydrogen) atoms. The van der Waals surface area contributed by atoms with Crippen LogP contribution in [0.1, 0.15) is 92.4 Å². The lowest BCUT2D eigenvalue weighted by Gasteiger charge is -2.48. The molecule has 0 aromatic rings. The molecule has 0 aliphatic carbocycles. The topological polar surface area (TPSA) is 128 Å². The van der Waals surface area contributed by atoms with Crippen LogP contribution in [0.25, 0.3) is 0 Å². The first-order valence-corrected chi connectivity index (χ1v) is 14.0. The summed E-state index contributed by atoms with van der Waals surface area (Å²) in [5.74, 6) is -2.19. The van der Waals surface area contributed by atoms with Gasteiger partial charge in [0.1, 0.15) is 6.04 Å². The lowest BCUT2D eigenvalue weighted by molar-refractivity contribution is -0.190. The van der Waals surface area contributed by atoms with Crippen LogP contribution in [-0.2, 0) is 19.2 Å². The van der Waals surface area contributed by atoms with E-state index in [2.05, 4.69) is 16.0 Å². The number of carbonyl (C=O) groups is 4. The lowest BCUT2D eigenvalue weighted by atomic mass is 9.82. The monoisotopic (exact) mass is 520 g/mol. The summed E-state index contributed by atoms with van der Waals surface area (Å²) in [5.41, 5.74) is -2.25. The molecule has 4 amide bonds. The van der Waals surface area contributed by atoms with Crippen LogP contribution in [-0.4, -0.2) is 64.5 Å². The van der Waals surface area contributed by atoms with Crippen LogP contribution in [0.2, 0.25) is 0 Å². The highest BCUT2D eigenvalue weighted by atomic mass is 16.3. The van der Waals surface area contributed by atoms with Gasteiger partial charge < -0.3 is 26.0 Å². The number of carbonyl (C=O) groups excluding carboxylic acids is 4. The van der Waals surface area contributed by atoms with E-state index < -0.39 is 35.5 Å². The quantitative estimate of drug-likeness (QED) is 0.400. The van der Waals surface area contributed by atoms with E-state index >= 15 is 0 Å². The molecule has 210 valence electrons. The van der Waals surface area contributed by atoms with Crippen molar-refractivity contribution in [3.05, 3.63) is 12.2 Å².